The Morgan fingerprint density at radius 2 is 0.975 bits per heavy atom. The third-order valence-electron chi connectivity index (χ3n) is 25.8. The van der Waals surface area contributed by atoms with E-state index in [1.807, 2.05) is 71.0 Å². The van der Waals surface area contributed by atoms with Gasteiger partial charge in [-0.15, -0.1) is 0 Å². The largest absolute Gasteiger partial charge is 0.393 e. The number of epoxide rings is 1. The summed E-state index contributed by atoms with van der Waals surface area (Å²) in [4.78, 5) is 0.857. The molecule has 8 nitrogen and oxygen atoms in total. The van der Waals surface area contributed by atoms with Gasteiger partial charge in [-0.3, -0.25) is 0 Å². The van der Waals surface area contributed by atoms with Crippen molar-refractivity contribution in [2.75, 3.05) is 12.4 Å². The first kappa shape index (κ1) is 62.7. The lowest BCUT2D eigenvalue weighted by Gasteiger charge is -2.62. The smallest absolute Gasteiger partial charge is 0.181 e. The van der Waals surface area contributed by atoms with Crippen molar-refractivity contribution in [3.8, 4) is 0 Å². The average molecular weight is 1150 g/mol. The maximum atomic E-state index is 14.2. The monoisotopic (exact) mass is 1140 g/mol. The fourth-order valence-electron chi connectivity index (χ4n) is 20.7. The van der Waals surface area contributed by atoms with Gasteiger partial charge in [0.15, 0.2) is 19.7 Å². The standard InChI is InChI=1S/C35H56O4S.C29H44O3S.C6H12O/c1-23(30(21-31(36)32(2,3)4)40(38,39)25-11-9-8-10-12-25)27-15-16-28-26-14-13-24-22-33(5,37)19-20-34(24,6)29(26)17-18-35(27,28)7;1-20(19-33(31,32)22-8-6-5-7-9-22)24-12-13-25-23-11-10-21-18-27(2,30)16-17-28(21,3)26(23)14-15-29(24,25)4;1-6(2,3)5-4-7-5/h8-12,23-24,26-31,36-37H,13-22H2,1-7H3;5-9,20-21,23-26,30H,10-19H2,1-4H3;5H,4H2,1-3H3/t23-,24-,26-,27+,28-,29-,30?,31-,33-,34-,35+;20-,21+,23+,24-,25+,26+,27+,28+,29-;5-/m010/s1. The van der Waals surface area contributed by atoms with Crippen LogP contribution in [0.3, 0.4) is 0 Å². The topological polar surface area (TPSA) is 142 Å². The molecule has 3 N–H and O–H groups in total. The molecule has 0 aromatic heterocycles. The van der Waals surface area contributed by atoms with Crippen LogP contribution in [-0.4, -0.2) is 73.2 Å². The van der Waals surface area contributed by atoms with Crippen LogP contribution >= 0.6 is 0 Å². The Hall–Kier alpha value is -1.82. The Kier molecular flexibility index (Phi) is 17.6. The molecule has 8 saturated carbocycles. The predicted octanol–water partition coefficient (Wildman–Crippen LogP) is 15.6. The zero-order valence-electron chi connectivity index (χ0n) is 52.5. The third-order valence-corrected chi connectivity index (χ3v) is 30.1. The molecule has 1 heterocycles. The Balaban J connectivity index is 0.000000175. The van der Waals surface area contributed by atoms with E-state index in [9.17, 15) is 32.2 Å². The highest BCUT2D eigenvalue weighted by Crippen LogP contribution is 2.71. The minimum absolute atomic E-state index is 0.0227. The lowest BCUT2D eigenvalue weighted by atomic mass is 9.43. The summed E-state index contributed by atoms with van der Waals surface area (Å²) in [5.74, 6) is 6.96. The number of hydrogen-bond acceptors (Lipinski definition) is 8. The highest BCUT2D eigenvalue weighted by molar-refractivity contribution is 7.92. The molecule has 0 spiro atoms. The van der Waals surface area contributed by atoms with Crippen LogP contribution in [0.4, 0.5) is 0 Å². The van der Waals surface area contributed by atoms with Gasteiger partial charge in [-0.25, -0.2) is 16.8 Å². The first-order valence-corrected chi connectivity index (χ1v) is 35.6. The molecule has 9 fully saturated rings. The maximum Gasteiger partial charge on any atom is 0.181 e. The van der Waals surface area contributed by atoms with Gasteiger partial charge in [-0.2, -0.15) is 0 Å². The summed E-state index contributed by atoms with van der Waals surface area (Å²) in [5.41, 5.74) is 0.155. The second-order valence-electron chi connectivity index (χ2n) is 32.8. The normalized spacial score (nSPS) is 42.8. The summed E-state index contributed by atoms with van der Waals surface area (Å²) in [6, 6.07) is 18.0. The highest BCUT2D eigenvalue weighted by atomic mass is 32.2. The van der Waals surface area contributed by atoms with Crippen LogP contribution in [-0.2, 0) is 24.4 Å². The Morgan fingerprint density at radius 3 is 1.40 bits per heavy atom. The van der Waals surface area contributed by atoms with Crippen molar-refractivity contribution in [1.29, 1.82) is 0 Å². The average Bonchev–Trinajstić information content (AvgIpc) is 4.08. The minimum atomic E-state index is -3.60. The SMILES string of the molecule is CC(C)(C)[C@@H]1CO1.C[C@H](C(C[C@H](O)C(C)(C)C)S(=O)(=O)c1ccccc1)[C@H]1CC[C@H]2[C@@H]3CC[C@H]4C[C@@](C)(O)CC[C@]4(C)[C@H]3CC[C@]12C.C[C@H](CS(=O)(=O)c1ccccc1)[C@H]1CC[C@H]2[C@@H]3CC[C@H]4C[C@@](C)(O)CC[C@]4(C)[C@H]3CC[C@]12C. The molecule has 21 atom stereocenters. The molecular formula is C70H112O8S2. The summed E-state index contributed by atoms with van der Waals surface area (Å²) >= 11 is 0. The van der Waals surface area contributed by atoms with E-state index in [2.05, 4.69) is 62.3 Å². The molecular weight excluding hydrogens is 1030 g/mol. The van der Waals surface area contributed by atoms with E-state index in [-0.39, 0.29) is 40.3 Å². The number of aliphatic hydroxyl groups is 3. The summed E-state index contributed by atoms with van der Waals surface area (Å²) in [6.45, 7) is 32.2. The summed E-state index contributed by atoms with van der Waals surface area (Å²) in [6.07, 6.45) is 21.0. The second kappa shape index (κ2) is 22.5. The van der Waals surface area contributed by atoms with Gasteiger partial charge < -0.3 is 20.1 Å². The molecule has 452 valence electrons. The summed E-state index contributed by atoms with van der Waals surface area (Å²) < 4.78 is 59.7. The van der Waals surface area contributed by atoms with Gasteiger partial charge in [0.1, 0.15) is 0 Å². The van der Waals surface area contributed by atoms with Gasteiger partial charge in [0.25, 0.3) is 0 Å². The first-order chi connectivity index (χ1) is 37.1. The van der Waals surface area contributed by atoms with Gasteiger partial charge in [-0.1, -0.05) is 119 Å². The van der Waals surface area contributed by atoms with Crippen LogP contribution < -0.4 is 0 Å². The predicted molar refractivity (Wildman–Crippen MR) is 325 cm³/mol. The quantitative estimate of drug-likeness (QED) is 0.200. The fraction of sp³-hybridized carbons (Fsp3) is 0.829. The molecule has 1 saturated heterocycles. The van der Waals surface area contributed by atoms with Crippen molar-refractivity contribution in [1.82, 2.24) is 0 Å². The Bertz CT molecular complexity index is 2650. The lowest BCUT2D eigenvalue weighted by molar-refractivity contribution is -0.148. The van der Waals surface area contributed by atoms with Crippen LogP contribution in [0.15, 0.2) is 70.5 Å². The minimum Gasteiger partial charge on any atom is -0.393 e. The third kappa shape index (κ3) is 12.2. The zero-order chi connectivity index (χ0) is 58.4. The van der Waals surface area contributed by atoms with Crippen molar-refractivity contribution < 1.29 is 36.9 Å². The van der Waals surface area contributed by atoms with Crippen molar-refractivity contribution in [3.63, 3.8) is 0 Å². The molecule has 0 amide bonds. The molecule has 80 heavy (non-hydrogen) atoms. The van der Waals surface area contributed by atoms with Crippen molar-refractivity contribution in [3.05, 3.63) is 60.7 Å². The molecule has 0 bridgehead atoms. The summed E-state index contributed by atoms with van der Waals surface area (Å²) in [7, 11) is -6.85. The number of aliphatic hydroxyl groups excluding tert-OH is 1. The van der Waals surface area contributed by atoms with Crippen molar-refractivity contribution in [2.24, 2.45) is 104 Å². The van der Waals surface area contributed by atoms with Gasteiger partial charge >= 0.3 is 0 Å². The number of rotatable bonds is 10. The highest BCUT2D eigenvalue weighted by Gasteiger charge is 2.64. The van der Waals surface area contributed by atoms with Gasteiger partial charge in [0.2, 0.25) is 0 Å². The van der Waals surface area contributed by atoms with E-state index in [0.29, 0.717) is 67.6 Å². The molecule has 9 aliphatic rings. The van der Waals surface area contributed by atoms with E-state index in [4.69, 9.17) is 4.74 Å². The zero-order valence-corrected chi connectivity index (χ0v) is 54.1. The number of sulfone groups is 2. The van der Waals surface area contributed by atoms with E-state index < -0.39 is 42.2 Å². The molecule has 11 rings (SSSR count). The second-order valence-corrected chi connectivity index (χ2v) is 37.0. The maximum absolute atomic E-state index is 14.2. The summed E-state index contributed by atoms with van der Waals surface area (Å²) in [5, 5.41) is 32.2. The van der Waals surface area contributed by atoms with E-state index in [1.54, 1.807) is 24.3 Å². The van der Waals surface area contributed by atoms with Gasteiger partial charge in [0, 0.05) is 0 Å². The number of fused-ring (bicyclic) bond motifs is 10. The van der Waals surface area contributed by atoms with Crippen LogP contribution in [0.2, 0.25) is 0 Å². The van der Waals surface area contributed by atoms with Crippen LogP contribution in [0.1, 0.15) is 219 Å². The number of benzene rings is 2. The fourth-order valence-corrected chi connectivity index (χ4v) is 24.5. The van der Waals surface area contributed by atoms with Gasteiger partial charge in [0.05, 0.1) is 50.8 Å². The molecule has 2 aromatic carbocycles. The first-order valence-electron chi connectivity index (χ1n) is 32.4. The molecule has 0 radical (unpaired) electrons. The van der Waals surface area contributed by atoms with Gasteiger partial charge in [-0.05, 0) is 264 Å². The van der Waals surface area contributed by atoms with E-state index in [0.717, 1.165) is 68.8 Å². The molecule has 8 aliphatic carbocycles. The Labute approximate surface area is 487 Å². The van der Waals surface area contributed by atoms with Crippen molar-refractivity contribution >= 4 is 19.7 Å². The molecule has 2 aromatic rings. The van der Waals surface area contributed by atoms with E-state index >= 15 is 0 Å². The van der Waals surface area contributed by atoms with Crippen LogP contribution in [0.5, 0.6) is 0 Å². The molecule has 1 unspecified atom stereocenters. The van der Waals surface area contributed by atoms with Crippen LogP contribution in [0.25, 0.3) is 0 Å². The van der Waals surface area contributed by atoms with Crippen LogP contribution in [0, 0.1) is 104 Å². The number of ether oxygens (including phenoxy) is 1. The lowest BCUT2D eigenvalue weighted by Crippen LogP contribution is -2.56. The molecule has 10 heteroatoms. The number of hydrogen-bond donors (Lipinski definition) is 3. The van der Waals surface area contributed by atoms with E-state index in [1.165, 1.54) is 77.0 Å². The van der Waals surface area contributed by atoms with Crippen molar-refractivity contribution in [2.45, 2.75) is 257 Å². The molecule has 1 aliphatic heterocycles. The Morgan fingerprint density at radius 1 is 0.550 bits per heavy atom.